The summed E-state index contributed by atoms with van der Waals surface area (Å²) in [7, 11) is -3.60. The first-order chi connectivity index (χ1) is 10.2. The van der Waals surface area contributed by atoms with E-state index in [1.54, 1.807) is 23.1 Å². The van der Waals surface area contributed by atoms with Gasteiger partial charge >= 0.3 is 0 Å². The highest BCUT2D eigenvalue weighted by atomic mass is 35.5. The van der Waals surface area contributed by atoms with Crippen LogP contribution in [0.4, 0.5) is 5.69 Å². The van der Waals surface area contributed by atoms with Gasteiger partial charge in [-0.2, -0.15) is 0 Å². The predicted octanol–water partition coefficient (Wildman–Crippen LogP) is 3.02. The van der Waals surface area contributed by atoms with Crippen LogP contribution in [-0.4, -0.2) is 45.1 Å². The zero-order chi connectivity index (χ0) is 16.9. The maximum Gasteiger partial charge on any atom is 0.232 e. The van der Waals surface area contributed by atoms with E-state index in [-0.39, 0.29) is 34.6 Å². The van der Waals surface area contributed by atoms with Gasteiger partial charge in [-0.05, 0) is 26.0 Å². The Morgan fingerprint density at radius 1 is 1.14 bits per heavy atom. The number of hydrogen-bond donors (Lipinski definition) is 0. The van der Waals surface area contributed by atoms with Crippen LogP contribution in [0.5, 0.6) is 0 Å². The SMILES string of the molecule is CCN(CC)C(=O)CCN(c1c(Cl)cccc1Cl)S(C)(=O)=O. The van der Waals surface area contributed by atoms with Crippen molar-refractivity contribution >= 4 is 44.8 Å². The number of carbonyl (C=O) groups is 1. The molecule has 0 atom stereocenters. The normalized spacial score (nSPS) is 11.3. The first-order valence-electron chi connectivity index (χ1n) is 6.91. The fourth-order valence-electron chi connectivity index (χ4n) is 2.10. The van der Waals surface area contributed by atoms with Crippen molar-refractivity contribution in [2.45, 2.75) is 20.3 Å². The number of halogens is 2. The van der Waals surface area contributed by atoms with Crippen LogP contribution in [0.2, 0.25) is 10.0 Å². The van der Waals surface area contributed by atoms with Crippen LogP contribution in [0.25, 0.3) is 0 Å². The van der Waals surface area contributed by atoms with E-state index in [0.717, 1.165) is 10.6 Å². The molecule has 0 saturated heterocycles. The molecule has 0 unspecified atom stereocenters. The Labute approximate surface area is 141 Å². The number of carbonyl (C=O) groups excluding carboxylic acids is 1. The summed E-state index contributed by atoms with van der Waals surface area (Å²) in [6.45, 7) is 4.92. The van der Waals surface area contributed by atoms with Crippen molar-refractivity contribution in [3.8, 4) is 0 Å². The number of hydrogen-bond acceptors (Lipinski definition) is 3. The summed E-state index contributed by atoms with van der Waals surface area (Å²) in [6, 6.07) is 4.76. The van der Waals surface area contributed by atoms with E-state index in [1.807, 2.05) is 13.8 Å². The number of rotatable bonds is 7. The molecule has 0 aliphatic carbocycles. The van der Waals surface area contributed by atoms with Gasteiger partial charge in [-0.25, -0.2) is 8.42 Å². The Morgan fingerprint density at radius 2 is 1.64 bits per heavy atom. The van der Waals surface area contributed by atoms with E-state index in [9.17, 15) is 13.2 Å². The van der Waals surface area contributed by atoms with Gasteiger partial charge in [0.25, 0.3) is 0 Å². The lowest BCUT2D eigenvalue weighted by molar-refractivity contribution is -0.130. The highest BCUT2D eigenvalue weighted by molar-refractivity contribution is 7.92. The second-order valence-corrected chi connectivity index (χ2v) is 7.44. The van der Waals surface area contributed by atoms with Gasteiger partial charge in [-0.1, -0.05) is 29.3 Å². The number of amides is 1. The molecule has 5 nitrogen and oxygen atoms in total. The number of benzene rings is 1. The lowest BCUT2D eigenvalue weighted by Gasteiger charge is -2.26. The summed E-state index contributed by atoms with van der Waals surface area (Å²) >= 11 is 12.2. The van der Waals surface area contributed by atoms with E-state index in [0.29, 0.717) is 13.1 Å². The number of sulfonamides is 1. The van der Waals surface area contributed by atoms with E-state index in [2.05, 4.69) is 0 Å². The quantitative estimate of drug-likeness (QED) is 0.744. The molecule has 22 heavy (non-hydrogen) atoms. The van der Waals surface area contributed by atoms with Crippen LogP contribution < -0.4 is 4.31 Å². The Morgan fingerprint density at radius 3 is 2.05 bits per heavy atom. The molecule has 0 aromatic heterocycles. The van der Waals surface area contributed by atoms with Crippen molar-refractivity contribution < 1.29 is 13.2 Å². The maximum atomic E-state index is 12.1. The van der Waals surface area contributed by atoms with Crippen molar-refractivity contribution in [1.82, 2.24) is 4.90 Å². The van der Waals surface area contributed by atoms with Gasteiger partial charge in [-0.3, -0.25) is 9.10 Å². The summed E-state index contributed by atoms with van der Waals surface area (Å²) in [5.41, 5.74) is 0.209. The Bertz CT molecular complexity index is 611. The lowest BCUT2D eigenvalue weighted by atomic mass is 10.3. The second-order valence-electron chi connectivity index (χ2n) is 4.72. The van der Waals surface area contributed by atoms with E-state index >= 15 is 0 Å². The fourth-order valence-corrected chi connectivity index (χ4v) is 3.76. The van der Waals surface area contributed by atoms with Crippen molar-refractivity contribution in [3.63, 3.8) is 0 Å². The fraction of sp³-hybridized carbons (Fsp3) is 0.500. The summed E-state index contributed by atoms with van der Waals surface area (Å²) in [5, 5.41) is 0.460. The molecule has 8 heteroatoms. The molecule has 0 bridgehead atoms. The van der Waals surface area contributed by atoms with Crippen molar-refractivity contribution in [2.24, 2.45) is 0 Å². The van der Waals surface area contributed by atoms with Gasteiger partial charge in [-0.15, -0.1) is 0 Å². The minimum absolute atomic E-state index is 0.00236. The first kappa shape index (κ1) is 19.1. The third-order valence-corrected chi connectivity index (χ3v) is 5.01. The maximum absolute atomic E-state index is 12.1. The number of anilines is 1. The van der Waals surface area contributed by atoms with Crippen LogP contribution in [0.1, 0.15) is 20.3 Å². The molecule has 0 spiro atoms. The molecule has 1 aromatic carbocycles. The number of para-hydroxylation sites is 1. The summed E-state index contributed by atoms with van der Waals surface area (Å²) in [4.78, 5) is 13.7. The van der Waals surface area contributed by atoms with Crippen molar-refractivity contribution in [3.05, 3.63) is 28.2 Å². The molecule has 1 aromatic rings. The van der Waals surface area contributed by atoms with E-state index < -0.39 is 10.0 Å². The lowest BCUT2D eigenvalue weighted by Crippen LogP contribution is -2.37. The minimum Gasteiger partial charge on any atom is -0.343 e. The molecule has 1 rings (SSSR count). The van der Waals surface area contributed by atoms with Gasteiger partial charge < -0.3 is 4.90 Å². The van der Waals surface area contributed by atoms with Crippen molar-refractivity contribution in [2.75, 3.05) is 30.2 Å². The van der Waals surface area contributed by atoms with Crippen LogP contribution >= 0.6 is 23.2 Å². The third kappa shape index (κ3) is 4.76. The topological polar surface area (TPSA) is 57.7 Å². The van der Waals surface area contributed by atoms with Gasteiger partial charge in [0.1, 0.15) is 0 Å². The van der Waals surface area contributed by atoms with E-state index in [1.165, 1.54) is 0 Å². The van der Waals surface area contributed by atoms with Crippen molar-refractivity contribution in [1.29, 1.82) is 0 Å². The largest absolute Gasteiger partial charge is 0.343 e. The third-order valence-electron chi connectivity index (χ3n) is 3.23. The monoisotopic (exact) mass is 366 g/mol. The highest BCUT2D eigenvalue weighted by Gasteiger charge is 2.24. The van der Waals surface area contributed by atoms with Gasteiger partial charge in [0.15, 0.2) is 0 Å². The molecule has 0 fully saturated rings. The molecule has 0 heterocycles. The molecular weight excluding hydrogens is 347 g/mol. The molecular formula is C14H20Cl2N2O3S. The summed E-state index contributed by atoms with van der Waals surface area (Å²) in [6.07, 6.45) is 1.13. The average molecular weight is 367 g/mol. The van der Waals surface area contributed by atoms with Crippen LogP contribution in [0.15, 0.2) is 18.2 Å². The van der Waals surface area contributed by atoms with Gasteiger partial charge in [0.2, 0.25) is 15.9 Å². The van der Waals surface area contributed by atoms with Gasteiger partial charge in [0.05, 0.1) is 22.0 Å². The molecule has 1 amide bonds. The van der Waals surface area contributed by atoms with Crippen LogP contribution in [0, 0.1) is 0 Å². The van der Waals surface area contributed by atoms with Crippen LogP contribution in [-0.2, 0) is 14.8 Å². The number of nitrogens with zero attached hydrogens (tertiary/aromatic N) is 2. The average Bonchev–Trinajstić information content (AvgIpc) is 2.42. The van der Waals surface area contributed by atoms with Gasteiger partial charge in [0, 0.05) is 26.1 Å². The zero-order valence-corrected chi connectivity index (χ0v) is 15.2. The predicted molar refractivity (Wildman–Crippen MR) is 91.2 cm³/mol. The Hall–Kier alpha value is -0.980. The standard InChI is InChI=1S/C14H20Cl2N2O3S/c1-4-17(5-2)13(19)9-10-18(22(3,20)21)14-11(15)7-6-8-12(14)16/h6-8H,4-5,9-10H2,1-3H3. The molecule has 0 N–H and O–H groups in total. The summed E-state index contributed by atoms with van der Waals surface area (Å²) in [5.74, 6) is -0.109. The highest BCUT2D eigenvalue weighted by Crippen LogP contribution is 2.35. The molecule has 0 aliphatic heterocycles. The zero-order valence-electron chi connectivity index (χ0n) is 12.8. The Balaban J connectivity index is 3.05. The smallest absolute Gasteiger partial charge is 0.232 e. The molecule has 124 valence electrons. The molecule has 0 radical (unpaired) electrons. The molecule has 0 aliphatic rings. The van der Waals surface area contributed by atoms with E-state index in [4.69, 9.17) is 23.2 Å². The van der Waals surface area contributed by atoms with Crippen LogP contribution in [0.3, 0.4) is 0 Å². The minimum atomic E-state index is -3.60. The second kappa shape index (κ2) is 8.04. The Kier molecular flexibility index (Phi) is 6.97. The summed E-state index contributed by atoms with van der Waals surface area (Å²) < 4.78 is 25.2. The molecule has 0 saturated carbocycles. The first-order valence-corrected chi connectivity index (χ1v) is 9.52.